The molecule has 2 unspecified atom stereocenters. The highest BCUT2D eigenvalue weighted by Gasteiger charge is 2.35. The van der Waals surface area contributed by atoms with Gasteiger partial charge in [0, 0.05) is 19.1 Å². The minimum absolute atomic E-state index is 0.267. The van der Waals surface area contributed by atoms with Gasteiger partial charge in [-0.1, -0.05) is 26.3 Å². The Morgan fingerprint density at radius 2 is 1.88 bits per heavy atom. The van der Waals surface area contributed by atoms with Gasteiger partial charge in [-0.25, -0.2) is 4.39 Å². The molecule has 1 saturated heterocycles. The first-order valence-electron chi connectivity index (χ1n) is 9.87. The maximum Gasteiger partial charge on any atom is 0.120 e. The average molecular weight is 333 g/mol. The van der Waals surface area contributed by atoms with Gasteiger partial charge in [-0.3, -0.25) is 4.90 Å². The van der Waals surface area contributed by atoms with Crippen LogP contribution in [0.2, 0.25) is 0 Å². The van der Waals surface area contributed by atoms with E-state index in [4.69, 9.17) is 4.74 Å². The van der Waals surface area contributed by atoms with Crippen molar-refractivity contribution >= 4 is 0 Å². The number of hydrogen-bond acceptors (Lipinski definition) is 2. The number of hydrogen-bond donors (Lipinski definition) is 0. The summed E-state index contributed by atoms with van der Waals surface area (Å²) in [4.78, 5) is 2.47. The molecule has 0 spiro atoms. The molecule has 1 aliphatic carbocycles. The van der Waals surface area contributed by atoms with Crippen LogP contribution in [0.5, 0.6) is 5.75 Å². The minimum Gasteiger partial charge on any atom is -0.489 e. The smallest absolute Gasteiger partial charge is 0.120 e. The molecule has 2 fully saturated rings. The minimum atomic E-state index is -0.597. The van der Waals surface area contributed by atoms with Crippen LogP contribution in [0.15, 0.2) is 18.2 Å². The fourth-order valence-corrected chi connectivity index (χ4v) is 4.35. The van der Waals surface area contributed by atoms with Crippen molar-refractivity contribution < 1.29 is 9.13 Å². The van der Waals surface area contributed by atoms with Crippen LogP contribution in [0.3, 0.4) is 0 Å². The van der Waals surface area contributed by atoms with E-state index in [9.17, 15) is 4.39 Å². The molecule has 0 bridgehead atoms. The topological polar surface area (TPSA) is 12.5 Å². The lowest BCUT2D eigenvalue weighted by atomic mass is 10.0. The maximum absolute atomic E-state index is 13.4. The molecule has 1 saturated carbocycles. The second-order valence-corrected chi connectivity index (χ2v) is 7.40. The lowest BCUT2D eigenvalue weighted by Gasteiger charge is -2.36. The number of alkyl halides is 1. The Bertz CT molecular complexity index is 525. The van der Waals surface area contributed by atoms with E-state index in [0.29, 0.717) is 18.9 Å². The fraction of sp³-hybridized carbons (Fsp3) is 0.714. The van der Waals surface area contributed by atoms with Crippen molar-refractivity contribution in [1.82, 2.24) is 4.90 Å². The second kappa shape index (κ2) is 8.33. The Morgan fingerprint density at radius 3 is 2.58 bits per heavy atom. The van der Waals surface area contributed by atoms with E-state index in [1.807, 2.05) is 0 Å². The standard InChI is InChI=1S/C21H32FNO/c1-3-6-17-9-10-19(15-16(17)4-2)24-21-8-5-7-20(21)23-13-11-18(22)12-14-23/h9-10,15,18,20-21H,3-8,11-14H2,1-2H3. The first kappa shape index (κ1) is 17.7. The summed E-state index contributed by atoms with van der Waals surface area (Å²) in [6, 6.07) is 7.11. The zero-order valence-electron chi connectivity index (χ0n) is 15.3. The Hall–Kier alpha value is -1.09. The second-order valence-electron chi connectivity index (χ2n) is 7.40. The van der Waals surface area contributed by atoms with Gasteiger partial charge in [-0.2, -0.15) is 0 Å². The van der Waals surface area contributed by atoms with Gasteiger partial charge in [0.15, 0.2) is 0 Å². The Balaban J connectivity index is 1.66. The molecule has 1 aromatic rings. The van der Waals surface area contributed by atoms with E-state index in [-0.39, 0.29) is 6.10 Å². The van der Waals surface area contributed by atoms with Crippen LogP contribution >= 0.6 is 0 Å². The summed E-state index contributed by atoms with van der Waals surface area (Å²) in [6.45, 7) is 6.23. The van der Waals surface area contributed by atoms with Crippen LogP contribution < -0.4 is 4.74 Å². The van der Waals surface area contributed by atoms with E-state index >= 15 is 0 Å². The maximum atomic E-state index is 13.4. The van der Waals surface area contributed by atoms with Crippen LogP contribution in [-0.4, -0.2) is 36.3 Å². The molecule has 134 valence electrons. The number of halogens is 1. The van der Waals surface area contributed by atoms with E-state index in [1.165, 1.54) is 30.4 Å². The van der Waals surface area contributed by atoms with Gasteiger partial charge >= 0.3 is 0 Å². The number of rotatable bonds is 6. The third-order valence-corrected chi connectivity index (χ3v) is 5.71. The monoisotopic (exact) mass is 333 g/mol. The molecule has 3 rings (SSSR count). The van der Waals surface area contributed by atoms with Gasteiger partial charge in [0.05, 0.1) is 0 Å². The molecule has 0 amide bonds. The summed E-state index contributed by atoms with van der Waals surface area (Å²) in [5.41, 5.74) is 2.88. The predicted octanol–water partition coefficient (Wildman–Crippen LogP) is 4.94. The Morgan fingerprint density at radius 1 is 1.08 bits per heavy atom. The highest BCUT2D eigenvalue weighted by atomic mass is 19.1. The molecule has 2 atom stereocenters. The van der Waals surface area contributed by atoms with Crippen LogP contribution in [-0.2, 0) is 12.8 Å². The number of piperidine rings is 1. The fourth-order valence-electron chi connectivity index (χ4n) is 4.35. The Kier molecular flexibility index (Phi) is 6.15. The number of ether oxygens (including phenoxy) is 1. The number of benzene rings is 1. The van der Waals surface area contributed by atoms with E-state index in [0.717, 1.165) is 38.1 Å². The molecule has 2 aliphatic rings. The number of aryl methyl sites for hydroxylation is 2. The van der Waals surface area contributed by atoms with Gasteiger partial charge in [-0.15, -0.1) is 0 Å². The normalized spacial score (nSPS) is 26.0. The Labute approximate surface area is 146 Å². The van der Waals surface area contributed by atoms with Crippen molar-refractivity contribution in [2.75, 3.05) is 13.1 Å². The van der Waals surface area contributed by atoms with E-state index in [2.05, 4.69) is 36.9 Å². The van der Waals surface area contributed by atoms with Gasteiger partial charge in [-0.05, 0) is 68.2 Å². The highest BCUT2D eigenvalue weighted by Crippen LogP contribution is 2.31. The van der Waals surface area contributed by atoms with Crippen molar-refractivity contribution in [3.8, 4) is 5.75 Å². The highest BCUT2D eigenvalue weighted by molar-refractivity contribution is 5.36. The third-order valence-electron chi connectivity index (χ3n) is 5.71. The molecule has 24 heavy (non-hydrogen) atoms. The molecule has 1 heterocycles. The van der Waals surface area contributed by atoms with Crippen molar-refractivity contribution in [3.63, 3.8) is 0 Å². The summed E-state index contributed by atoms with van der Waals surface area (Å²) < 4.78 is 19.8. The zero-order chi connectivity index (χ0) is 16.9. The first-order valence-corrected chi connectivity index (χ1v) is 9.87. The van der Waals surface area contributed by atoms with Crippen LogP contribution in [0.25, 0.3) is 0 Å². The molecule has 3 heteroatoms. The number of likely N-dealkylation sites (tertiary alicyclic amines) is 1. The predicted molar refractivity (Wildman–Crippen MR) is 97.6 cm³/mol. The summed E-state index contributed by atoms with van der Waals surface area (Å²) in [7, 11) is 0. The summed E-state index contributed by atoms with van der Waals surface area (Å²) in [5, 5.41) is 0. The van der Waals surface area contributed by atoms with Crippen molar-refractivity contribution in [2.45, 2.75) is 83.5 Å². The average Bonchev–Trinajstić information content (AvgIpc) is 3.05. The van der Waals surface area contributed by atoms with Crippen LogP contribution in [0.4, 0.5) is 4.39 Å². The van der Waals surface area contributed by atoms with Gasteiger partial charge in [0.25, 0.3) is 0 Å². The van der Waals surface area contributed by atoms with Crippen LogP contribution in [0.1, 0.15) is 63.5 Å². The molecule has 1 aliphatic heterocycles. The third kappa shape index (κ3) is 4.11. The zero-order valence-corrected chi connectivity index (χ0v) is 15.3. The molecule has 1 aromatic carbocycles. The van der Waals surface area contributed by atoms with Gasteiger partial charge < -0.3 is 4.74 Å². The summed E-state index contributed by atoms with van der Waals surface area (Å²) in [5.74, 6) is 1.02. The lowest BCUT2D eigenvalue weighted by Crippen LogP contribution is -2.47. The molecule has 0 N–H and O–H groups in total. The largest absolute Gasteiger partial charge is 0.489 e. The summed E-state index contributed by atoms with van der Waals surface area (Å²) >= 11 is 0. The number of nitrogens with zero attached hydrogens (tertiary/aromatic N) is 1. The lowest BCUT2D eigenvalue weighted by molar-refractivity contribution is 0.0536. The van der Waals surface area contributed by atoms with E-state index in [1.54, 1.807) is 0 Å². The SMILES string of the molecule is CCCc1ccc(OC2CCCC2N2CCC(F)CC2)cc1CC. The quantitative estimate of drug-likeness (QED) is 0.731. The summed E-state index contributed by atoms with van der Waals surface area (Å²) in [6.07, 6.45) is 7.97. The molecule has 0 aromatic heterocycles. The van der Waals surface area contributed by atoms with Crippen molar-refractivity contribution in [2.24, 2.45) is 0 Å². The van der Waals surface area contributed by atoms with Gasteiger partial charge in [0.2, 0.25) is 0 Å². The first-order chi connectivity index (χ1) is 11.7. The molecular weight excluding hydrogens is 301 g/mol. The molecule has 0 radical (unpaired) electrons. The van der Waals surface area contributed by atoms with Gasteiger partial charge in [0.1, 0.15) is 18.0 Å². The van der Waals surface area contributed by atoms with Crippen molar-refractivity contribution in [3.05, 3.63) is 29.3 Å². The molecule has 2 nitrogen and oxygen atoms in total. The molecular formula is C21H32FNO. The van der Waals surface area contributed by atoms with E-state index < -0.39 is 6.17 Å². The van der Waals surface area contributed by atoms with Crippen molar-refractivity contribution in [1.29, 1.82) is 0 Å². The van der Waals surface area contributed by atoms with Crippen LogP contribution in [0, 0.1) is 0 Å².